The molecule has 9 heteroatoms. The summed E-state index contributed by atoms with van der Waals surface area (Å²) in [7, 11) is -4.07. The second-order valence-electron chi connectivity index (χ2n) is 5.69. The summed E-state index contributed by atoms with van der Waals surface area (Å²) in [5.74, 6) is -1.94. The smallest absolute Gasteiger partial charge is 0.322 e. The highest BCUT2D eigenvalue weighted by Gasteiger charge is 2.39. The number of aryl methyl sites for hydroxylation is 1. The summed E-state index contributed by atoms with van der Waals surface area (Å²) >= 11 is 0. The van der Waals surface area contributed by atoms with Gasteiger partial charge in [0.25, 0.3) is 0 Å². The molecule has 0 bridgehead atoms. The number of carboxylic acid groups (broad SMARTS) is 1. The van der Waals surface area contributed by atoms with Crippen LogP contribution in [0.2, 0.25) is 0 Å². The Hall–Kier alpha value is -2.26. The monoisotopic (exact) mass is 353 g/mol. The highest BCUT2D eigenvalue weighted by molar-refractivity contribution is 7.89. The molecule has 1 aliphatic rings. The fourth-order valence-corrected chi connectivity index (χ4v) is 4.45. The molecule has 2 heterocycles. The molecule has 3 rings (SSSR count). The zero-order chi connectivity index (χ0) is 17.5. The van der Waals surface area contributed by atoms with E-state index in [1.807, 2.05) is 0 Å². The van der Waals surface area contributed by atoms with Gasteiger partial charge in [0.05, 0.1) is 11.1 Å². The first-order valence-corrected chi connectivity index (χ1v) is 8.80. The molecule has 0 saturated carbocycles. The molecule has 24 heavy (non-hydrogen) atoms. The van der Waals surface area contributed by atoms with Gasteiger partial charge in [-0.25, -0.2) is 17.5 Å². The predicted molar refractivity (Wildman–Crippen MR) is 82.8 cm³/mol. The van der Waals surface area contributed by atoms with Crippen LogP contribution in [0.5, 0.6) is 0 Å². The van der Waals surface area contributed by atoms with Crippen molar-refractivity contribution in [3.63, 3.8) is 0 Å². The van der Waals surface area contributed by atoms with E-state index in [0.717, 1.165) is 15.9 Å². The van der Waals surface area contributed by atoms with Crippen molar-refractivity contribution in [1.82, 2.24) is 14.1 Å². The lowest BCUT2D eigenvalue weighted by Gasteiger charge is -2.21. The summed E-state index contributed by atoms with van der Waals surface area (Å²) in [5, 5.41) is 13.1. The summed E-state index contributed by atoms with van der Waals surface area (Å²) in [6.45, 7) is 1.92. The van der Waals surface area contributed by atoms with Gasteiger partial charge in [0, 0.05) is 12.7 Å². The lowest BCUT2D eigenvalue weighted by molar-refractivity contribution is -0.140. The van der Waals surface area contributed by atoms with E-state index in [1.165, 1.54) is 16.8 Å². The second-order valence-corrected chi connectivity index (χ2v) is 7.58. The van der Waals surface area contributed by atoms with E-state index in [1.54, 1.807) is 19.3 Å². The van der Waals surface area contributed by atoms with Gasteiger partial charge in [0.15, 0.2) is 0 Å². The van der Waals surface area contributed by atoms with Crippen LogP contribution >= 0.6 is 0 Å². The molecule has 1 aliphatic heterocycles. The van der Waals surface area contributed by atoms with Crippen LogP contribution in [0, 0.1) is 12.7 Å². The van der Waals surface area contributed by atoms with Crippen molar-refractivity contribution < 1.29 is 22.7 Å². The van der Waals surface area contributed by atoms with Crippen molar-refractivity contribution in [3.05, 3.63) is 42.0 Å². The van der Waals surface area contributed by atoms with Crippen LogP contribution in [0.3, 0.4) is 0 Å². The van der Waals surface area contributed by atoms with Crippen LogP contribution in [0.1, 0.15) is 18.4 Å². The molecule has 7 nitrogen and oxygen atoms in total. The standard InChI is InChI=1S/C15H16FN3O4S/c1-10-8-17-18(9-10)13-5-4-11(7-12(13)16)24(22,23)19-6-2-3-14(19)15(20)21/h4-5,7-9,14H,2-3,6H2,1H3,(H,20,21)/t14-/m0/s1. The Kier molecular flexibility index (Phi) is 4.14. The van der Waals surface area contributed by atoms with Gasteiger partial charge in [-0.15, -0.1) is 0 Å². The molecule has 0 unspecified atom stereocenters. The lowest BCUT2D eigenvalue weighted by Crippen LogP contribution is -2.40. The molecule has 0 spiro atoms. The minimum Gasteiger partial charge on any atom is -0.480 e. The summed E-state index contributed by atoms with van der Waals surface area (Å²) in [4.78, 5) is 10.9. The van der Waals surface area contributed by atoms with Crippen molar-refractivity contribution in [2.75, 3.05) is 6.54 Å². The van der Waals surface area contributed by atoms with E-state index in [-0.39, 0.29) is 23.5 Å². The zero-order valence-corrected chi connectivity index (χ0v) is 13.7. The number of aliphatic carboxylic acids is 1. The molecule has 2 aromatic rings. The highest BCUT2D eigenvalue weighted by atomic mass is 32.2. The molecule has 1 aromatic heterocycles. The summed E-state index contributed by atoms with van der Waals surface area (Å²) < 4.78 is 41.8. The van der Waals surface area contributed by atoms with Crippen molar-refractivity contribution in [2.24, 2.45) is 0 Å². The predicted octanol–water partition coefficient (Wildman–Crippen LogP) is 1.56. The minimum atomic E-state index is -4.07. The van der Waals surface area contributed by atoms with Crippen molar-refractivity contribution in [3.8, 4) is 5.69 Å². The van der Waals surface area contributed by atoms with Crippen LogP contribution in [-0.4, -0.2) is 46.2 Å². The van der Waals surface area contributed by atoms with E-state index in [9.17, 15) is 17.6 Å². The molecule has 0 amide bonds. The lowest BCUT2D eigenvalue weighted by atomic mass is 10.2. The molecule has 0 radical (unpaired) electrons. The Bertz CT molecular complexity index is 894. The van der Waals surface area contributed by atoms with Crippen LogP contribution in [0.15, 0.2) is 35.5 Å². The number of benzene rings is 1. The third-order valence-corrected chi connectivity index (χ3v) is 5.88. The third kappa shape index (κ3) is 2.80. The van der Waals surface area contributed by atoms with Gasteiger partial charge in [0.1, 0.15) is 17.5 Å². The van der Waals surface area contributed by atoms with Gasteiger partial charge < -0.3 is 5.11 Å². The summed E-state index contributed by atoms with van der Waals surface area (Å²) in [6.07, 6.45) is 3.89. The fraction of sp³-hybridized carbons (Fsp3) is 0.333. The number of carboxylic acids is 1. The number of hydrogen-bond donors (Lipinski definition) is 1. The minimum absolute atomic E-state index is 0.112. The van der Waals surface area contributed by atoms with E-state index in [2.05, 4.69) is 5.10 Å². The molecule has 0 aliphatic carbocycles. The third-order valence-electron chi connectivity index (χ3n) is 3.97. The average Bonchev–Trinajstić information content (AvgIpc) is 3.16. The number of nitrogens with zero attached hydrogens (tertiary/aromatic N) is 3. The number of carbonyl (C=O) groups is 1. The van der Waals surface area contributed by atoms with Crippen LogP contribution < -0.4 is 0 Å². The topological polar surface area (TPSA) is 92.5 Å². The van der Waals surface area contributed by atoms with E-state index < -0.39 is 27.9 Å². The van der Waals surface area contributed by atoms with Gasteiger partial charge >= 0.3 is 5.97 Å². The highest BCUT2D eigenvalue weighted by Crippen LogP contribution is 2.27. The first-order valence-electron chi connectivity index (χ1n) is 7.36. The molecule has 1 saturated heterocycles. The molecule has 1 atom stereocenters. The molecular formula is C15H16FN3O4S. The Morgan fingerprint density at radius 1 is 1.42 bits per heavy atom. The fourth-order valence-electron chi connectivity index (χ4n) is 2.79. The number of aromatic nitrogens is 2. The Morgan fingerprint density at radius 3 is 2.75 bits per heavy atom. The summed E-state index contributed by atoms with van der Waals surface area (Å²) in [6, 6.07) is 2.38. The zero-order valence-electron chi connectivity index (χ0n) is 12.9. The molecule has 128 valence electrons. The van der Waals surface area contributed by atoms with Gasteiger partial charge in [-0.05, 0) is 43.5 Å². The maximum Gasteiger partial charge on any atom is 0.322 e. The number of hydrogen-bond acceptors (Lipinski definition) is 4. The summed E-state index contributed by atoms with van der Waals surface area (Å²) in [5.41, 5.74) is 0.964. The van der Waals surface area contributed by atoms with Crippen molar-refractivity contribution >= 4 is 16.0 Å². The molecule has 1 N–H and O–H groups in total. The van der Waals surface area contributed by atoms with Gasteiger partial charge in [-0.2, -0.15) is 9.40 Å². The van der Waals surface area contributed by atoms with Gasteiger partial charge in [-0.3, -0.25) is 4.79 Å². The van der Waals surface area contributed by atoms with E-state index >= 15 is 0 Å². The maximum atomic E-state index is 14.4. The van der Waals surface area contributed by atoms with Crippen LogP contribution in [-0.2, 0) is 14.8 Å². The van der Waals surface area contributed by atoms with Crippen molar-refractivity contribution in [1.29, 1.82) is 0 Å². The molecular weight excluding hydrogens is 337 g/mol. The second kappa shape index (κ2) is 5.99. The first kappa shape index (κ1) is 16.6. The van der Waals surface area contributed by atoms with Crippen LogP contribution in [0.25, 0.3) is 5.69 Å². The van der Waals surface area contributed by atoms with Gasteiger partial charge in [0.2, 0.25) is 10.0 Å². The Morgan fingerprint density at radius 2 is 2.17 bits per heavy atom. The van der Waals surface area contributed by atoms with Crippen molar-refractivity contribution in [2.45, 2.75) is 30.7 Å². The normalized spacial score (nSPS) is 18.8. The SMILES string of the molecule is Cc1cnn(-c2ccc(S(=O)(=O)N3CCC[C@H]3C(=O)O)cc2F)c1. The number of sulfonamides is 1. The number of rotatable bonds is 4. The quantitative estimate of drug-likeness (QED) is 0.900. The Balaban J connectivity index is 1.97. The largest absolute Gasteiger partial charge is 0.480 e. The Labute approximate surface area is 138 Å². The average molecular weight is 353 g/mol. The molecule has 1 fully saturated rings. The molecule has 1 aromatic carbocycles. The maximum absolute atomic E-state index is 14.4. The first-order chi connectivity index (χ1) is 11.3. The van der Waals surface area contributed by atoms with E-state index in [4.69, 9.17) is 5.11 Å². The number of halogens is 1. The van der Waals surface area contributed by atoms with E-state index in [0.29, 0.717) is 6.42 Å². The van der Waals surface area contributed by atoms with Gasteiger partial charge in [-0.1, -0.05) is 0 Å². The van der Waals surface area contributed by atoms with Crippen LogP contribution in [0.4, 0.5) is 4.39 Å².